The zero-order valence-electron chi connectivity index (χ0n) is 26.6. The molecule has 1 aliphatic heterocycles. The highest BCUT2D eigenvalue weighted by Gasteiger charge is 2.47. The highest BCUT2D eigenvalue weighted by molar-refractivity contribution is 7.88. The first kappa shape index (κ1) is 37.9. The summed E-state index contributed by atoms with van der Waals surface area (Å²) < 4.78 is 84.1. The van der Waals surface area contributed by atoms with Crippen LogP contribution in [0.4, 0.5) is 14.7 Å². The molecule has 1 saturated heterocycles. The molecule has 12 nitrogen and oxygen atoms in total. The third-order valence-corrected chi connectivity index (χ3v) is 9.97. The van der Waals surface area contributed by atoms with Crippen molar-refractivity contribution in [1.82, 2.24) is 18.8 Å². The van der Waals surface area contributed by atoms with Crippen molar-refractivity contribution in [3.8, 4) is 0 Å². The topological polar surface area (TPSA) is 161 Å². The summed E-state index contributed by atoms with van der Waals surface area (Å²) in [6.45, 7) is 12.1. The second-order valence-corrected chi connectivity index (χ2v) is 14.6. The van der Waals surface area contributed by atoms with E-state index in [2.05, 4.69) is 15.3 Å². The molecule has 2 unspecified atom stereocenters. The van der Waals surface area contributed by atoms with Crippen LogP contribution in [0.5, 0.6) is 0 Å². The molecule has 16 heteroatoms. The molecule has 2 atom stereocenters. The number of nitrogens with one attached hydrogen (secondary N) is 1. The number of sulfonamides is 1. The van der Waals surface area contributed by atoms with E-state index in [0.717, 1.165) is 16.9 Å². The van der Waals surface area contributed by atoms with E-state index in [9.17, 15) is 35.5 Å². The van der Waals surface area contributed by atoms with Crippen LogP contribution in [0.25, 0.3) is 11.0 Å². The summed E-state index contributed by atoms with van der Waals surface area (Å²) in [4.78, 5) is 22.0. The summed E-state index contributed by atoms with van der Waals surface area (Å²) in [6.07, 6.45) is 0.792. The Bertz CT molecular complexity index is 1510. The summed E-state index contributed by atoms with van der Waals surface area (Å²) in [5, 5.41) is 14.8. The quantitative estimate of drug-likeness (QED) is 0.354. The minimum atomic E-state index is -4.20. The molecule has 4 rings (SSSR count). The Kier molecular flexibility index (Phi) is 13.6. The molecule has 44 heavy (non-hydrogen) atoms. The Morgan fingerprint density at radius 1 is 1.11 bits per heavy atom. The molecule has 2 N–H and O–H groups in total. The van der Waals surface area contributed by atoms with Crippen LogP contribution in [0.3, 0.4) is 0 Å². The SMILES string of the molecule is CC.CC.CC(C)COS(=O)(=O)CC1(O)CCCC1n1c(=O)c(C(F)F)cc2cnc(NC3CCN(S(C)(=O)=O)CC3)nc21. The van der Waals surface area contributed by atoms with Crippen molar-refractivity contribution < 1.29 is 34.9 Å². The molecule has 252 valence electrons. The molecular formula is C28H47F2N5O7S2. The first-order chi connectivity index (χ1) is 20.6. The lowest BCUT2D eigenvalue weighted by Gasteiger charge is -2.32. The first-order valence-electron chi connectivity index (χ1n) is 15.1. The summed E-state index contributed by atoms with van der Waals surface area (Å²) >= 11 is 0. The van der Waals surface area contributed by atoms with Gasteiger partial charge in [-0.1, -0.05) is 41.5 Å². The van der Waals surface area contributed by atoms with Crippen LogP contribution < -0.4 is 10.9 Å². The molecule has 0 radical (unpaired) electrons. The number of hydrogen-bond acceptors (Lipinski definition) is 10. The van der Waals surface area contributed by atoms with Crippen molar-refractivity contribution in [2.45, 2.75) is 97.8 Å². The van der Waals surface area contributed by atoms with Crippen LogP contribution in [0.2, 0.25) is 0 Å². The van der Waals surface area contributed by atoms with E-state index < -0.39 is 55.1 Å². The lowest BCUT2D eigenvalue weighted by atomic mass is 9.99. The zero-order valence-corrected chi connectivity index (χ0v) is 28.2. The van der Waals surface area contributed by atoms with Gasteiger partial charge in [-0.3, -0.25) is 13.5 Å². The summed E-state index contributed by atoms with van der Waals surface area (Å²) in [5.74, 6) is -0.795. The molecule has 1 saturated carbocycles. The lowest BCUT2D eigenvalue weighted by Crippen LogP contribution is -2.46. The van der Waals surface area contributed by atoms with Gasteiger partial charge in [0, 0.05) is 30.7 Å². The van der Waals surface area contributed by atoms with Crippen LogP contribution in [0.1, 0.15) is 91.7 Å². The first-order valence-corrected chi connectivity index (χ1v) is 18.5. The number of pyridine rings is 1. The molecule has 0 amide bonds. The maximum absolute atomic E-state index is 13.9. The van der Waals surface area contributed by atoms with Crippen molar-refractivity contribution in [1.29, 1.82) is 0 Å². The second kappa shape index (κ2) is 15.8. The van der Waals surface area contributed by atoms with Gasteiger partial charge < -0.3 is 10.4 Å². The van der Waals surface area contributed by atoms with Gasteiger partial charge >= 0.3 is 0 Å². The van der Waals surface area contributed by atoms with Gasteiger partial charge in [-0.2, -0.15) is 13.4 Å². The second-order valence-electron chi connectivity index (χ2n) is 11.0. The Labute approximate surface area is 259 Å². The van der Waals surface area contributed by atoms with E-state index in [4.69, 9.17) is 4.18 Å². The van der Waals surface area contributed by atoms with Crippen LogP contribution in [0, 0.1) is 5.92 Å². The standard InChI is InChI=1S/C24H35F2N5O7S2.2C2H6/c1-15(2)13-38-40(36,37)14-24(33)8-4-5-19(24)31-21-16(11-18(20(25)26)22(31)32)12-27-23(29-21)28-17-6-9-30(10-7-17)39(3,34)35;2*1-2/h11-12,15,17,19-20,33H,4-10,13-14H2,1-3H3,(H,27,28,29);2*1-2H3. The highest BCUT2D eigenvalue weighted by Crippen LogP contribution is 2.41. The number of aromatic nitrogens is 3. The van der Waals surface area contributed by atoms with Gasteiger partial charge in [0.05, 0.1) is 24.5 Å². The molecule has 3 heterocycles. The van der Waals surface area contributed by atoms with Gasteiger partial charge in [0.2, 0.25) is 16.0 Å². The fourth-order valence-corrected chi connectivity index (χ4v) is 7.72. The van der Waals surface area contributed by atoms with Crippen LogP contribution >= 0.6 is 0 Å². The molecule has 1 aliphatic carbocycles. The molecule has 2 aromatic heterocycles. The van der Waals surface area contributed by atoms with Crippen molar-refractivity contribution in [2.75, 3.05) is 37.0 Å². The largest absolute Gasteiger partial charge is 0.387 e. The van der Waals surface area contributed by atoms with Crippen molar-refractivity contribution in [3.05, 3.63) is 28.2 Å². The molecule has 2 aromatic rings. The van der Waals surface area contributed by atoms with E-state index >= 15 is 0 Å². The van der Waals surface area contributed by atoms with Crippen molar-refractivity contribution in [3.63, 3.8) is 0 Å². The van der Waals surface area contributed by atoms with E-state index in [1.807, 2.05) is 27.7 Å². The summed E-state index contributed by atoms with van der Waals surface area (Å²) in [7, 11) is -7.51. The Morgan fingerprint density at radius 3 is 2.27 bits per heavy atom. The number of rotatable bonds is 10. The van der Waals surface area contributed by atoms with E-state index in [1.54, 1.807) is 13.8 Å². The summed E-state index contributed by atoms with van der Waals surface area (Å²) in [5.41, 5.74) is -3.85. The maximum Gasteiger partial charge on any atom is 0.270 e. The van der Waals surface area contributed by atoms with E-state index in [-0.39, 0.29) is 48.4 Å². The van der Waals surface area contributed by atoms with E-state index in [1.165, 1.54) is 10.5 Å². The number of piperidine rings is 1. The van der Waals surface area contributed by atoms with Crippen molar-refractivity contribution in [2.24, 2.45) is 5.92 Å². The lowest BCUT2D eigenvalue weighted by molar-refractivity contribution is 0.0270. The molecular weight excluding hydrogens is 620 g/mol. The maximum atomic E-state index is 13.9. The van der Waals surface area contributed by atoms with Crippen LogP contribution in [-0.4, -0.2) is 84.1 Å². The summed E-state index contributed by atoms with van der Waals surface area (Å²) in [6, 6.07) is -0.328. The van der Waals surface area contributed by atoms with Gasteiger partial charge in [-0.05, 0) is 44.1 Å². The molecule has 2 fully saturated rings. The molecule has 0 bridgehead atoms. The number of aliphatic hydroxyl groups is 1. The molecule has 2 aliphatic rings. The molecule has 0 spiro atoms. The Hall–Kier alpha value is -2.27. The monoisotopic (exact) mass is 667 g/mol. The third kappa shape index (κ3) is 9.37. The number of halogens is 2. The predicted octanol–water partition coefficient (Wildman–Crippen LogP) is 4.08. The number of hydrogen-bond donors (Lipinski definition) is 2. The average Bonchev–Trinajstić information content (AvgIpc) is 3.33. The number of alkyl halides is 2. The van der Waals surface area contributed by atoms with Crippen LogP contribution in [-0.2, 0) is 24.3 Å². The zero-order chi connectivity index (χ0) is 33.5. The van der Waals surface area contributed by atoms with Crippen molar-refractivity contribution >= 4 is 37.1 Å². The average molecular weight is 668 g/mol. The van der Waals surface area contributed by atoms with Gasteiger partial charge in [0.25, 0.3) is 22.1 Å². The van der Waals surface area contributed by atoms with Gasteiger partial charge in [0.1, 0.15) is 17.0 Å². The van der Waals surface area contributed by atoms with Gasteiger partial charge in [0.15, 0.2) is 0 Å². The Morgan fingerprint density at radius 2 is 1.73 bits per heavy atom. The number of fused-ring (bicyclic) bond motifs is 1. The number of anilines is 1. The third-order valence-electron chi connectivity index (χ3n) is 7.32. The fourth-order valence-electron chi connectivity index (χ4n) is 5.33. The highest BCUT2D eigenvalue weighted by atomic mass is 32.2. The molecule has 0 aromatic carbocycles. The smallest absolute Gasteiger partial charge is 0.270 e. The minimum Gasteiger partial charge on any atom is -0.387 e. The minimum absolute atomic E-state index is 0.0177. The number of nitrogens with zero attached hydrogens (tertiary/aromatic N) is 4. The fraction of sp³-hybridized carbons (Fsp3) is 0.750. The Balaban J connectivity index is 0.00000162. The predicted molar refractivity (Wildman–Crippen MR) is 167 cm³/mol. The van der Waals surface area contributed by atoms with E-state index in [0.29, 0.717) is 32.4 Å². The van der Waals surface area contributed by atoms with Gasteiger partial charge in [-0.15, -0.1) is 0 Å². The van der Waals surface area contributed by atoms with Crippen LogP contribution in [0.15, 0.2) is 17.1 Å². The normalized spacial score (nSPS) is 21.6. The van der Waals surface area contributed by atoms with Gasteiger partial charge in [-0.25, -0.2) is 26.5 Å².